The smallest absolute Gasteiger partial charge is 0.331 e. The van der Waals surface area contributed by atoms with Crippen LogP contribution in [0.3, 0.4) is 0 Å². The second kappa shape index (κ2) is 8.08. The fourth-order valence-corrected chi connectivity index (χ4v) is 3.03. The highest BCUT2D eigenvalue weighted by molar-refractivity contribution is 5.92. The third-order valence-electron chi connectivity index (χ3n) is 4.64. The van der Waals surface area contributed by atoms with Gasteiger partial charge in [0.15, 0.2) is 0 Å². The number of nitrogens with zero attached hydrogens (tertiary/aromatic N) is 2. The molecule has 0 aliphatic rings. The Balaban J connectivity index is 1.75. The maximum atomic E-state index is 13.2. The van der Waals surface area contributed by atoms with E-state index in [-0.39, 0.29) is 24.0 Å². The molecule has 3 rings (SSSR count). The minimum atomic E-state index is -0.572. The zero-order valence-electron chi connectivity index (χ0n) is 15.5. The molecule has 1 aromatic carbocycles. The molecule has 2 heterocycles. The number of hydrogen-bond acceptors (Lipinski definition) is 4. The van der Waals surface area contributed by atoms with Crippen molar-refractivity contribution in [1.82, 2.24) is 14.5 Å². The molecule has 0 radical (unpaired) electrons. The van der Waals surface area contributed by atoms with Crippen molar-refractivity contribution in [1.29, 1.82) is 0 Å². The zero-order valence-corrected chi connectivity index (χ0v) is 15.5. The van der Waals surface area contributed by atoms with Crippen molar-refractivity contribution >= 4 is 5.91 Å². The Labute approximate surface area is 160 Å². The molecule has 28 heavy (non-hydrogen) atoms. The molecule has 0 bridgehead atoms. The van der Waals surface area contributed by atoms with Crippen LogP contribution in [-0.2, 0) is 14.1 Å². The predicted molar refractivity (Wildman–Crippen MR) is 101 cm³/mol. The molecule has 8 heteroatoms. The number of carbonyl (C=O) groups is 1. The highest BCUT2D eigenvalue weighted by Gasteiger charge is 2.19. The van der Waals surface area contributed by atoms with Gasteiger partial charge in [0.2, 0.25) is 0 Å². The fourth-order valence-electron chi connectivity index (χ4n) is 3.03. The van der Waals surface area contributed by atoms with Gasteiger partial charge in [-0.3, -0.25) is 18.7 Å². The number of nitrogens with one attached hydrogen (secondary N) is 1. The number of benzene rings is 1. The third kappa shape index (κ3) is 3.95. The Kier molecular flexibility index (Phi) is 5.58. The topological polar surface area (TPSA) is 86.2 Å². The van der Waals surface area contributed by atoms with E-state index in [2.05, 4.69) is 5.32 Å². The number of rotatable bonds is 6. The monoisotopic (exact) mass is 385 g/mol. The van der Waals surface area contributed by atoms with E-state index in [1.807, 2.05) is 6.07 Å². The second-order valence-corrected chi connectivity index (χ2v) is 6.43. The van der Waals surface area contributed by atoms with Gasteiger partial charge < -0.3 is 9.73 Å². The van der Waals surface area contributed by atoms with E-state index in [0.29, 0.717) is 12.2 Å². The number of hydrogen-bond donors (Lipinski definition) is 1. The Morgan fingerprint density at radius 1 is 1.14 bits per heavy atom. The molecule has 0 saturated carbocycles. The van der Waals surface area contributed by atoms with E-state index in [0.717, 1.165) is 20.8 Å². The van der Waals surface area contributed by atoms with Crippen LogP contribution in [0.5, 0.6) is 0 Å². The molecule has 7 nitrogen and oxygen atoms in total. The molecule has 0 aliphatic heterocycles. The van der Waals surface area contributed by atoms with Crippen molar-refractivity contribution in [2.45, 2.75) is 12.3 Å². The third-order valence-corrected chi connectivity index (χ3v) is 4.64. The standard InChI is InChI=1S/C20H20FN3O4/c1-23-16(12-18(25)24(2)20(23)27)19(26)22-10-9-15(17-4-3-11-28-17)13-5-7-14(21)8-6-13/h3-8,11-12,15H,9-10H2,1-2H3,(H,22,26). The summed E-state index contributed by atoms with van der Waals surface area (Å²) in [4.78, 5) is 36.2. The van der Waals surface area contributed by atoms with E-state index in [9.17, 15) is 18.8 Å². The van der Waals surface area contributed by atoms with E-state index >= 15 is 0 Å². The summed E-state index contributed by atoms with van der Waals surface area (Å²) in [5, 5.41) is 2.72. The molecule has 1 unspecified atom stereocenters. The molecule has 146 valence electrons. The van der Waals surface area contributed by atoms with Crippen molar-refractivity contribution in [3.63, 3.8) is 0 Å². The molecule has 1 amide bonds. The predicted octanol–water partition coefficient (Wildman–Crippen LogP) is 1.77. The summed E-state index contributed by atoms with van der Waals surface area (Å²) in [5.41, 5.74) is -0.276. The van der Waals surface area contributed by atoms with Gasteiger partial charge in [-0.2, -0.15) is 0 Å². The lowest BCUT2D eigenvalue weighted by Crippen LogP contribution is -2.41. The summed E-state index contributed by atoms with van der Waals surface area (Å²) in [6.45, 7) is 0.269. The fraction of sp³-hybridized carbons (Fsp3) is 0.250. The van der Waals surface area contributed by atoms with Crippen LogP contribution in [0.25, 0.3) is 0 Å². The van der Waals surface area contributed by atoms with Crippen molar-refractivity contribution in [2.24, 2.45) is 14.1 Å². The number of furan rings is 1. The first-order valence-corrected chi connectivity index (χ1v) is 8.72. The summed E-state index contributed by atoms with van der Waals surface area (Å²) in [5.74, 6) is -0.332. The lowest BCUT2D eigenvalue weighted by molar-refractivity contribution is 0.0942. The summed E-state index contributed by atoms with van der Waals surface area (Å²) >= 11 is 0. The van der Waals surface area contributed by atoms with Crippen LogP contribution >= 0.6 is 0 Å². The average Bonchev–Trinajstić information content (AvgIpc) is 3.21. The SMILES string of the molecule is Cn1c(C(=O)NCCC(c2ccc(F)cc2)c2ccco2)cc(=O)n(C)c1=O. The van der Waals surface area contributed by atoms with Gasteiger partial charge in [0, 0.05) is 32.6 Å². The quantitative estimate of drug-likeness (QED) is 0.701. The normalized spacial score (nSPS) is 12.0. The van der Waals surface area contributed by atoms with Crippen LogP contribution in [0.2, 0.25) is 0 Å². The summed E-state index contributed by atoms with van der Waals surface area (Å²) < 4.78 is 20.8. The van der Waals surface area contributed by atoms with E-state index < -0.39 is 17.2 Å². The van der Waals surface area contributed by atoms with Crippen LogP contribution in [-0.4, -0.2) is 21.6 Å². The van der Waals surface area contributed by atoms with E-state index in [4.69, 9.17) is 4.42 Å². The van der Waals surface area contributed by atoms with Gasteiger partial charge in [-0.1, -0.05) is 12.1 Å². The average molecular weight is 385 g/mol. The van der Waals surface area contributed by atoms with Crippen molar-refractivity contribution in [2.75, 3.05) is 6.54 Å². The van der Waals surface area contributed by atoms with E-state index in [1.165, 1.54) is 26.2 Å². The molecule has 3 aromatic rings. The zero-order chi connectivity index (χ0) is 20.3. The van der Waals surface area contributed by atoms with Gasteiger partial charge >= 0.3 is 5.69 Å². The maximum absolute atomic E-state index is 13.2. The molecule has 0 aliphatic carbocycles. The van der Waals surface area contributed by atoms with Gasteiger partial charge in [-0.25, -0.2) is 9.18 Å². The van der Waals surface area contributed by atoms with Gasteiger partial charge in [0.1, 0.15) is 17.3 Å². The molecule has 0 spiro atoms. The van der Waals surface area contributed by atoms with Crippen LogP contribution in [0.15, 0.2) is 62.7 Å². The highest BCUT2D eigenvalue weighted by atomic mass is 19.1. The van der Waals surface area contributed by atoms with E-state index in [1.54, 1.807) is 24.5 Å². The Morgan fingerprint density at radius 3 is 2.50 bits per heavy atom. The van der Waals surface area contributed by atoms with Crippen LogP contribution in [0.4, 0.5) is 4.39 Å². The van der Waals surface area contributed by atoms with Crippen LogP contribution < -0.4 is 16.6 Å². The molecule has 1 N–H and O–H groups in total. The summed E-state index contributed by atoms with van der Waals surface area (Å²) in [6, 6.07) is 10.8. The Morgan fingerprint density at radius 2 is 1.86 bits per heavy atom. The number of amides is 1. The number of carbonyl (C=O) groups excluding carboxylic acids is 1. The lowest BCUT2D eigenvalue weighted by Gasteiger charge is -2.16. The Bertz CT molecular complexity index is 1080. The first kappa shape index (κ1) is 19.3. The Hall–Kier alpha value is -3.42. The molecule has 1 atom stereocenters. The van der Waals surface area contributed by atoms with Crippen molar-refractivity contribution < 1.29 is 13.6 Å². The van der Waals surface area contributed by atoms with Gasteiger partial charge in [-0.05, 0) is 36.2 Å². The molecular weight excluding hydrogens is 365 g/mol. The highest BCUT2D eigenvalue weighted by Crippen LogP contribution is 2.28. The van der Waals surface area contributed by atoms with Crippen molar-refractivity contribution in [3.8, 4) is 0 Å². The van der Waals surface area contributed by atoms with Crippen LogP contribution in [0, 0.1) is 5.82 Å². The number of halogens is 1. The molecule has 2 aromatic heterocycles. The summed E-state index contributed by atoms with van der Waals surface area (Å²) in [6.07, 6.45) is 2.05. The van der Waals surface area contributed by atoms with Crippen LogP contribution in [0.1, 0.15) is 34.2 Å². The molecule has 0 fully saturated rings. The second-order valence-electron chi connectivity index (χ2n) is 6.43. The lowest BCUT2D eigenvalue weighted by atomic mass is 9.93. The maximum Gasteiger partial charge on any atom is 0.331 e. The van der Waals surface area contributed by atoms with Gasteiger partial charge in [-0.15, -0.1) is 0 Å². The largest absolute Gasteiger partial charge is 0.469 e. The summed E-state index contributed by atoms with van der Waals surface area (Å²) in [7, 11) is 2.78. The first-order valence-electron chi connectivity index (χ1n) is 8.72. The van der Waals surface area contributed by atoms with Gasteiger partial charge in [0.25, 0.3) is 11.5 Å². The van der Waals surface area contributed by atoms with Gasteiger partial charge in [0.05, 0.1) is 6.26 Å². The van der Waals surface area contributed by atoms with Crippen molar-refractivity contribution in [3.05, 3.63) is 92.4 Å². The molecule has 0 saturated heterocycles. The first-order chi connectivity index (χ1) is 13.4. The molecular formula is C20H20FN3O4. The number of aromatic nitrogens is 2. The minimum absolute atomic E-state index is 0.00979. The minimum Gasteiger partial charge on any atom is -0.469 e.